The zero-order chi connectivity index (χ0) is 20.5. The first-order valence-corrected chi connectivity index (χ1v) is 9.16. The first-order chi connectivity index (χ1) is 13.3. The second-order valence-corrected chi connectivity index (χ2v) is 6.52. The number of amides is 1. The van der Waals surface area contributed by atoms with E-state index in [9.17, 15) is 14.4 Å². The number of esters is 1. The van der Waals surface area contributed by atoms with Crippen molar-refractivity contribution in [1.82, 2.24) is 0 Å². The Balaban J connectivity index is 1.68. The molecule has 0 unspecified atom stereocenters. The maximum Gasteiger partial charge on any atom is 0.306 e. The molecule has 28 heavy (non-hydrogen) atoms. The van der Waals surface area contributed by atoms with Crippen LogP contribution in [0.15, 0.2) is 48.5 Å². The Bertz CT molecular complexity index is 829. The minimum atomic E-state index is -0.881. The summed E-state index contributed by atoms with van der Waals surface area (Å²) in [4.78, 5) is 35.2. The van der Waals surface area contributed by atoms with Crippen molar-refractivity contribution in [1.29, 1.82) is 0 Å². The number of ether oxygens (including phenoxy) is 2. The van der Waals surface area contributed by atoms with E-state index in [4.69, 9.17) is 9.47 Å². The predicted octanol–water partition coefficient (Wildman–Crippen LogP) is 3.93. The first-order valence-electron chi connectivity index (χ1n) is 9.16. The Kier molecular flexibility index (Phi) is 7.75. The monoisotopic (exact) mass is 383 g/mol. The highest BCUT2D eigenvalue weighted by Crippen LogP contribution is 2.14. The van der Waals surface area contributed by atoms with Crippen LogP contribution in [-0.2, 0) is 14.3 Å². The van der Waals surface area contributed by atoms with E-state index in [1.54, 1.807) is 30.3 Å². The van der Waals surface area contributed by atoms with Crippen LogP contribution in [0.1, 0.15) is 42.6 Å². The maximum atomic E-state index is 12.1. The van der Waals surface area contributed by atoms with Crippen LogP contribution in [0, 0.1) is 6.92 Å². The van der Waals surface area contributed by atoms with E-state index < -0.39 is 12.1 Å². The van der Waals surface area contributed by atoms with Gasteiger partial charge in [0, 0.05) is 17.7 Å². The summed E-state index contributed by atoms with van der Waals surface area (Å²) in [5.74, 6) is -0.206. The summed E-state index contributed by atoms with van der Waals surface area (Å²) in [6.07, 6.45) is -0.277. The summed E-state index contributed by atoms with van der Waals surface area (Å²) >= 11 is 0. The highest BCUT2D eigenvalue weighted by atomic mass is 16.5. The number of aryl methyl sites for hydroxylation is 1. The van der Waals surface area contributed by atoms with Gasteiger partial charge in [0.25, 0.3) is 5.91 Å². The highest BCUT2D eigenvalue weighted by Gasteiger charge is 2.17. The van der Waals surface area contributed by atoms with E-state index >= 15 is 0 Å². The zero-order valence-corrected chi connectivity index (χ0v) is 16.4. The third kappa shape index (κ3) is 6.87. The van der Waals surface area contributed by atoms with Crippen LogP contribution in [0.3, 0.4) is 0 Å². The summed E-state index contributed by atoms with van der Waals surface area (Å²) in [6.45, 7) is 5.30. The molecule has 0 aliphatic carbocycles. The molecule has 0 aromatic heterocycles. The van der Waals surface area contributed by atoms with Gasteiger partial charge in [-0.15, -0.1) is 0 Å². The molecule has 0 heterocycles. The van der Waals surface area contributed by atoms with Crippen LogP contribution in [0.2, 0.25) is 0 Å². The number of hydrogen-bond donors (Lipinski definition) is 1. The molecule has 2 rings (SSSR count). The molecule has 2 aromatic rings. The average Bonchev–Trinajstić information content (AvgIpc) is 2.65. The van der Waals surface area contributed by atoms with E-state index in [1.165, 1.54) is 13.8 Å². The molecule has 0 saturated carbocycles. The quantitative estimate of drug-likeness (QED) is 0.403. The molecule has 1 amide bonds. The fourth-order valence-electron chi connectivity index (χ4n) is 2.47. The van der Waals surface area contributed by atoms with Crippen LogP contribution < -0.4 is 10.1 Å². The molecule has 0 saturated heterocycles. The summed E-state index contributed by atoms with van der Waals surface area (Å²) in [5.41, 5.74) is 2.31. The average molecular weight is 383 g/mol. The Morgan fingerprint density at radius 2 is 1.79 bits per heavy atom. The lowest BCUT2D eigenvalue weighted by Crippen LogP contribution is -2.30. The molecule has 2 aromatic carbocycles. The van der Waals surface area contributed by atoms with E-state index in [2.05, 4.69) is 5.32 Å². The molecule has 6 nitrogen and oxygen atoms in total. The first kappa shape index (κ1) is 21.2. The number of anilines is 1. The van der Waals surface area contributed by atoms with Crippen molar-refractivity contribution in [3.63, 3.8) is 0 Å². The number of ketones is 1. The van der Waals surface area contributed by atoms with Crippen molar-refractivity contribution in [2.24, 2.45) is 0 Å². The topological polar surface area (TPSA) is 81.7 Å². The van der Waals surface area contributed by atoms with Gasteiger partial charge < -0.3 is 14.8 Å². The molecule has 0 spiro atoms. The number of carbonyl (C=O) groups is 3. The normalized spacial score (nSPS) is 11.4. The van der Waals surface area contributed by atoms with E-state index in [0.717, 1.165) is 5.56 Å². The van der Waals surface area contributed by atoms with Crippen LogP contribution in [0.25, 0.3) is 0 Å². The van der Waals surface area contributed by atoms with Crippen LogP contribution in [0.5, 0.6) is 5.75 Å². The smallest absolute Gasteiger partial charge is 0.306 e. The van der Waals surface area contributed by atoms with Gasteiger partial charge in [-0.05, 0) is 69.2 Å². The molecular formula is C22H25NO5. The molecule has 6 heteroatoms. The fourth-order valence-corrected chi connectivity index (χ4v) is 2.47. The van der Waals surface area contributed by atoms with Gasteiger partial charge in [0.05, 0.1) is 6.61 Å². The lowest BCUT2D eigenvalue weighted by molar-refractivity contribution is -0.153. The predicted molar refractivity (Wildman–Crippen MR) is 107 cm³/mol. The molecule has 1 N–H and O–H groups in total. The zero-order valence-electron chi connectivity index (χ0n) is 16.4. The minimum absolute atomic E-state index is 0.00477. The molecule has 1 atom stereocenters. The van der Waals surface area contributed by atoms with Gasteiger partial charge in [-0.2, -0.15) is 0 Å². The molecular weight excluding hydrogens is 358 g/mol. The van der Waals surface area contributed by atoms with Crippen molar-refractivity contribution in [3.8, 4) is 5.75 Å². The van der Waals surface area contributed by atoms with Crippen LogP contribution >= 0.6 is 0 Å². The van der Waals surface area contributed by atoms with Gasteiger partial charge >= 0.3 is 5.97 Å². The SMILES string of the molecule is CC(=O)c1ccc(OCCCC(=O)O[C@@H](C)C(=O)Nc2cccc(C)c2)cc1. The van der Waals surface area contributed by atoms with Gasteiger partial charge in [-0.3, -0.25) is 14.4 Å². The van der Waals surface area contributed by atoms with Crippen LogP contribution in [-0.4, -0.2) is 30.4 Å². The Morgan fingerprint density at radius 3 is 2.43 bits per heavy atom. The summed E-state index contributed by atoms with van der Waals surface area (Å²) in [7, 11) is 0. The number of carbonyl (C=O) groups excluding carboxylic acids is 3. The lowest BCUT2D eigenvalue weighted by atomic mass is 10.1. The molecule has 0 aliphatic heterocycles. The molecule has 0 radical (unpaired) electrons. The standard InChI is InChI=1S/C22H25NO5/c1-15-6-4-7-19(14-15)23-22(26)17(3)28-21(25)8-5-13-27-20-11-9-18(10-12-20)16(2)24/h4,6-7,9-12,14,17H,5,8,13H2,1-3H3,(H,23,26)/t17-/m0/s1. The van der Waals surface area contributed by atoms with Crippen molar-refractivity contribution >= 4 is 23.3 Å². The number of hydrogen-bond acceptors (Lipinski definition) is 5. The highest BCUT2D eigenvalue weighted by molar-refractivity contribution is 5.95. The van der Waals surface area contributed by atoms with Crippen LogP contribution in [0.4, 0.5) is 5.69 Å². The molecule has 0 aliphatic rings. The van der Waals surface area contributed by atoms with Crippen molar-refractivity contribution in [3.05, 3.63) is 59.7 Å². The summed E-state index contributed by atoms with van der Waals surface area (Å²) in [5, 5.41) is 2.72. The van der Waals surface area contributed by atoms with Gasteiger partial charge in [-0.1, -0.05) is 12.1 Å². The minimum Gasteiger partial charge on any atom is -0.494 e. The Labute approximate surface area is 164 Å². The van der Waals surface area contributed by atoms with E-state index in [-0.39, 0.29) is 18.1 Å². The second kappa shape index (κ2) is 10.3. The van der Waals surface area contributed by atoms with Gasteiger partial charge in [0.15, 0.2) is 11.9 Å². The van der Waals surface area contributed by atoms with Crippen molar-refractivity contribution < 1.29 is 23.9 Å². The number of nitrogens with one attached hydrogen (secondary N) is 1. The second-order valence-electron chi connectivity index (χ2n) is 6.52. The third-order valence-corrected chi connectivity index (χ3v) is 4.02. The molecule has 0 bridgehead atoms. The maximum absolute atomic E-state index is 12.1. The van der Waals surface area contributed by atoms with E-state index in [1.807, 2.05) is 25.1 Å². The number of benzene rings is 2. The molecule has 0 fully saturated rings. The summed E-state index contributed by atoms with van der Waals surface area (Å²) in [6, 6.07) is 14.2. The van der Waals surface area contributed by atoms with Crippen molar-refractivity contribution in [2.45, 2.75) is 39.7 Å². The van der Waals surface area contributed by atoms with Gasteiger partial charge in [0.1, 0.15) is 5.75 Å². The molecule has 148 valence electrons. The lowest BCUT2D eigenvalue weighted by Gasteiger charge is -2.14. The fraction of sp³-hybridized carbons (Fsp3) is 0.318. The third-order valence-electron chi connectivity index (χ3n) is 4.02. The number of rotatable bonds is 9. The van der Waals surface area contributed by atoms with Gasteiger partial charge in [0.2, 0.25) is 0 Å². The Hall–Kier alpha value is -3.15. The van der Waals surface area contributed by atoms with Crippen molar-refractivity contribution in [2.75, 3.05) is 11.9 Å². The number of Topliss-reactive ketones (excluding diaryl/α,β-unsaturated/α-hetero) is 1. The largest absolute Gasteiger partial charge is 0.494 e. The van der Waals surface area contributed by atoms with E-state index in [0.29, 0.717) is 30.0 Å². The summed E-state index contributed by atoms with van der Waals surface area (Å²) < 4.78 is 10.7. The van der Waals surface area contributed by atoms with Gasteiger partial charge in [-0.25, -0.2) is 0 Å². The Morgan fingerprint density at radius 1 is 1.07 bits per heavy atom.